The van der Waals surface area contributed by atoms with E-state index in [1.54, 1.807) is 36.4 Å². The van der Waals surface area contributed by atoms with Gasteiger partial charge in [0.05, 0.1) is 17.2 Å². The summed E-state index contributed by atoms with van der Waals surface area (Å²) in [6, 6.07) is 21.7. The second-order valence-electron chi connectivity index (χ2n) is 5.93. The molecule has 3 rings (SSSR count). The van der Waals surface area contributed by atoms with Gasteiger partial charge >= 0.3 is 0 Å². The topological polar surface area (TPSA) is 23.8 Å². The Bertz CT molecular complexity index is 1110. The van der Waals surface area contributed by atoms with Gasteiger partial charge in [-0.05, 0) is 66.6 Å². The molecule has 0 saturated carbocycles. The monoisotopic (exact) mass is 349 g/mol. The molecule has 2 heteroatoms. The summed E-state index contributed by atoms with van der Waals surface area (Å²) in [5.41, 5.74) is 4.38. The van der Waals surface area contributed by atoms with E-state index in [0.717, 1.165) is 17.5 Å². The van der Waals surface area contributed by atoms with E-state index in [4.69, 9.17) is 5.26 Å². The van der Waals surface area contributed by atoms with Crippen LogP contribution in [0.15, 0.2) is 66.7 Å². The molecule has 0 bridgehead atoms. The molecule has 0 heterocycles. The normalized spacial score (nSPS) is 9.37. The SMILES string of the molecule is CCc1ccc(C#Cc2ccc(C#Cc3ccc(C#N)cc3)c(F)c2)cc1. The van der Waals surface area contributed by atoms with Crippen LogP contribution in [0.2, 0.25) is 0 Å². The van der Waals surface area contributed by atoms with Crippen molar-refractivity contribution in [3.63, 3.8) is 0 Å². The van der Waals surface area contributed by atoms with Gasteiger partial charge in [0.15, 0.2) is 0 Å². The van der Waals surface area contributed by atoms with Crippen LogP contribution in [0.5, 0.6) is 0 Å². The molecule has 0 aromatic heterocycles. The van der Waals surface area contributed by atoms with Crippen molar-refractivity contribution in [3.8, 4) is 29.8 Å². The van der Waals surface area contributed by atoms with Crippen LogP contribution in [-0.4, -0.2) is 0 Å². The van der Waals surface area contributed by atoms with Crippen molar-refractivity contribution in [2.75, 3.05) is 0 Å². The summed E-state index contributed by atoms with van der Waals surface area (Å²) < 4.78 is 14.3. The number of hydrogen-bond acceptors (Lipinski definition) is 1. The smallest absolute Gasteiger partial charge is 0.140 e. The van der Waals surface area contributed by atoms with Crippen molar-refractivity contribution in [2.45, 2.75) is 13.3 Å². The molecule has 0 aliphatic heterocycles. The molecule has 0 spiro atoms. The molecule has 0 atom stereocenters. The van der Waals surface area contributed by atoms with Crippen LogP contribution in [0.4, 0.5) is 4.39 Å². The lowest BCUT2D eigenvalue weighted by Crippen LogP contribution is -1.86. The molecule has 0 aliphatic carbocycles. The Morgan fingerprint density at radius 2 is 1.22 bits per heavy atom. The number of halogens is 1. The largest absolute Gasteiger partial charge is 0.206 e. The van der Waals surface area contributed by atoms with Gasteiger partial charge < -0.3 is 0 Å². The van der Waals surface area contributed by atoms with Gasteiger partial charge in [-0.2, -0.15) is 5.26 Å². The van der Waals surface area contributed by atoms with Crippen molar-refractivity contribution in [1.29, 1.82) is 5.26 Å². The average Bonchev–Trinajstić information content (AvgIpc) is 2.72. The molecular weight excluding hydrogens is 333 g/mol. The highest BCUT2D eigenvalue weighted by molar-refractivity contribution is 5.49. The first-order chi connectivity index (χ1) is 13.2. The Hall–Kier alpha value is -3.80. The molecule has 0 N–H and O–H groups in total. The number of aryl methyl sites for hydroxylation is 1. The second kappa shape index (κ2) is 8.53. The van der Waals surface area contributed by atoms with E-state index in [1.165, 1.54) is 11.6 Å². The molecule has 27 heavy (non-hydrogen) atoms. The highest BCUT2D eigenvalue weighted by Gasteiger charge is 2.00. The molecular formula is C25H16FN. The maximum atomic E-state index is 14.3. The zero-order valence-electron chi connectivity index (χ0n) is 14.9. The number of rotatable bonds is 1. The maximum Gasteiger partial charge on any atom is 0.140 e. The molecule has 3 aromatic carbocycles. The van der Waals surface area contributed by atoms with Crippen LogP contribution in [0.25, 0.3) is 0 Å². The van der Waals surface area contributed by atoms with Crippen LogP contribution in [-0.2, 0) is 6.42 Å². The number of nitriles is 1. The molecule has 0 amide bonds. The number of nitrogens with zero attached hydrogens (tertiary/aromatic N) is 1. The summed E-state index contributed by atoms with van der Waals surface area (Å²) >= 11 is 0. The van der Waals surface area contributed by atoms with E-state index < -0.39 is 5.82 Å². The van der Waals surface area contributed by atoms with E-state index in [9.17, 15) is 4.39 Å². The van der Waals surface area contributed by atoms with Gasteiger partial charge in [-0.25, -0.2) is 4.39 Å². The van der Waals surface area contributed by atoms with Crippen molar-refractivity contribution in [3.05, 3.63) is 106 Å². The predicted octanol–water partition coefficient (Wildman–Crippen LogP) is 5.06. The van der Waals surface area contributed by atoms with E-state index in [1.807, 2.05) is 24.3 Å². The molecule has 128 valence electrons. The summed E-state index contributed by atoms with van der Waals surface area (Å²) in [6.07, 6.45) is 0.990. The van der Waals surface area contributed by atoms with Gasteiger partial charge in [0, 0.05) is 16.7 Å². The third kappa shape index (κ3) is 4.85. The zero-order chi connectivity index (χ0) is 19.1. The first-order valence-corrected chi connectivity index (χ1v) is 8.60. The van der Waals surface area contributed by atoms with E-state index in [0.29, 0.717) is 16.7 Å². The summed E-state index contributed by atoms with van der Waals surface area (Å²) in [5, 5.41) is 8.79. The van der Waals surface area contributed by atoms with Gasteiger partial charge in [-0.15, -0.1) is 0 Å². The molecule has 0 aliphatic rings. The van der Waals surface area contributed by atoms with Crippen LogP contribution in [0, 0.1) is 40.8 Å². The fourth-order valence-electron chi connectivity index (χ4n) is 2.43. The van der Waals surface area contributed by atoms with E-state index >= 15 is 0 Å². The van der Waals surface area contributed by atoms with Gasteiger partial charge in [-0.3, -0.25) is 0 Å². The second-order valence-corrected chi connectivity index (χ2v) is 5.93. The van der Waals surface area contributed by atoms with Crippen LogP contribution >= 0.6 is 0 Å². The predicted molar refractivity (Wildman–Crippen MR) is 105 cm³/mol. The summed E-state index contributed by atoms with van der Waals surface area (Å²) in [7, 11) is 0. The van der Waals surface area contributed by atoms with Gasteiger partial charge in [0.25, 0.3) is 0 Å². The fraction of sp³-hybridized carbons (Fsp3) is 0.0800. The molecule has 0 radical (unpaired) electrons. The van der Waals surface area contributed by atoms with E-state index in [-0.39, 0.29) is 0 Å². The first kappa shape index (κ1) is 18.0. The Balaban J connectivity index is 1.77. The van der Waals surface area contributed by atoms with Crippen molar-refractivity contribution in [1.82, 2.24) is 0 Å². The van der Waals surface area contributed by atoms with Crippen LogP contribution < -0.4 is 0 Å². The maximum absolute atomic E-state index is 14.3. The summed E-state index contributed by atoms with van der Waals surface area (Å²) in [5.74, 6) is 11.4. The molecule has 0 saturated heterocycles. The summed E-state index contributed by atoms with van der Waals surface area (Å²) in [4.78, 5) is 0. The number of benzene rings is 3. The minimum atomic E-state index is -0.399. The van der Waals surface area contributed by atoms with E-state index in [2.05, 4.69) is 36.7 Å². The minimum absolute atomic E-state index is 0.317. The highest BCUT2D eigenvalue weighted by Crippen LogP contribution is 2.10. The highest BCUT2D eigenvalue weighted by atomic mass is 19.1. The lowest BCUT2D eigenvalue weighted by molar-refractivity contribution is 0.624. The third-order valence-electron chi connectivity index (χ3n) is 4.04. The molecule has 0 fully saturated rings. The van der Waals surface area contributed by atoms with Gasteiger partial charge in [0.2, 0.25) is 0 Å². The molecule has 3 aromatic rings. The fourth-order valence-corrected chi connectivity index (χ4v) is 2.43. The Morgan fingerprint density at radius 1 is 0.704 bits per heavy atom. The average molecular weight is 349 g/mol. The standard InChI is InChI=1S/C25H16FN/c1-2-19-3-5-20(6-4-19)7-10-22-14-16-24(25(26)17-22)15-13-21-8-11-23(18-27)12-9-21/h3-6,8-9,11-12,14,16-17H,2H2,1H3. The van der Waals surface area contributed by atoms with Crippen LogP contribution in [0.3, 0.4) is 0 Å². The van der Waals surface area contributed by atoms with Gasteiger partial charge in [-0.1, -0.05) is 42.7 Å². The van der Waals surface area contributed by atoms with Crippen molar-refractivity contribution >= 4 is 0 Å². The lowest BCUT2D eigenvalue weighted by Gasteiger charge is -1.97. The number of hydrogen-bond donors (Lipinski definition) is 0. The Kier molecular flexibility index (Phi) is 5.69. The van der Waals surface area contributed by atoms with Crippen molar-refractivity contribution in [2.24, 2.45) is 0 Å². The third-order valence-corrected chi connectivity index (χ3v) is 4.04. The Morgan fingerprint density at radius 3 is 1.81 bits per heavy atom. The van der Waals surface area contributed by atoms with Gasteiger partial charge in [0.1, 0.15) is 5.82 Å². The van der Waals surface area contributed by atoms with Crippen LogP contribution in [0.1, 0.15) is 40.3 Å². The zero-order valence-corrected chi connectivity index (χ0v) is 14.9. The molecule has 0 unspecified atom stereocenters. The lowest BCUT2D eigenvalue weighted by atomic mass is 10.1. The Labute approximate surface area is 159 Å². The summed E-state index contributed by atoms with van der Waals surface area (Å²) in [6.45, 7) is 2.11. The minimum Gasteiger partial charge on any atom is -0.206 e. The first-order valence-electron chi connectivity index (χ1n) is 8.60. The quantitative estimate of drug-likeness (QED) is 0.563. The molecule has 1 nitrogen and oxygen atoms in total. The van der Waals surface area contributed by atoms with Crippen molar-refractivity contribution < 1.29 is 4.39 Å².